The van der Waals surface area contributed by atoms with Gasteiger partial charge in [-0.3, -0.25) is 4.79 Å². The van der Waals surface area contributed by atoms with E-state index in [9.17, 15) is 13.6 Å². The Balaban J connectivity index is 1.81. The Hall–Kier alpha value is -1.46. The van der Waals surface area contributed by atoms with Crippen molar-refractivity contribution in [1.29, 1.82) is 0 Å². The lowest BCUT2D eigenvalue weighted by Gasteiger charge is -2.05. The van der Waals surface area contributed by atoms with E-state index in [2.05, 4.69) is 17.3 Å². The third kappa shape index (κ3) is 13.4. The summed E-state index contributed by atoms with van der Waals surface area (Å²) in [6.45, 7) is 0.121. The molecule has 1 aromatic rings. The van der Waals surface area contributed by atoms with Crippen LogP contribution in [-0.2, 0) is 0 Å². The van der Waals surface area contributed by atoms with Crippen molar-refractivity contribution >= 4 is 5.91 Å². The first-order chi connectivity index (χ1) is 14.1. The van der Waals surface area contributed by atoms with Crippen molar-refractivity contribution in [3.63, 3.8) is 0 Å². The van der Waals surface area contributed by atoms with Gasteiger partial charge in [0.05, 0.1) is 0 Å². The van der Waals surface area contributed by atoms with Crippen LogP contribution >= 0.6 is 0 Å². The summed E-state index contributed by atoms with van der Waals surface area (Å²) < 4.78 is 25.4. The van der Waals surface area contributed by atoms with Crippen LogP contribution in [0.2, 0.25) is 0 Å². The lowest BCUT2D eigenvalue weighted by molar-refractivity contribution is 0.0560. The molecule has 1 amide bonds. The molecule has 0 aliphatic rings. The number of carbonyl (C=O) groups is 1. The van der Waals surface area contributed by atoms with Crippen molar-refractivity contribution in [2.75, 3.05) is 6.54 Å². The van der Waals surface area contributed by atoms with Crippen LogP contribution in [0.5, 0.6) is 0 Å². The van der Waals surface area contributed by atoms with E-state index in [0.29, 0.717) is 11.2 Å². The number of hydrogen-bond acceptors (Lipinski definition) is 2. The molecule has 0 atom stereocenters. The molecule has 0 bridgehead atoms. The smallest absolute Gasteiger partial charge is 0.333 e. The molecule has 1 heterocycles. The van der Waals surface area contributed by atoms with Gasteiger partial charge in [-0.1, -0.05) is 103 Å². The monoisotopic (exact) mass is 413 g/mol. The van der Waals surface area contributed by atoms with E-state index in [1.165, 1.54) is 96.0 Å². The molecule has 0 aliphatic heterocycles. The lowest BCUT2D eigenvalue weighted by atomic mass is 10.0. The Bertz CT molecular complexity index is 520. The van der Waals surface area contributed by atoms with E-state index >= 15 is 0 Å². The number of rotatable bonds is 19. The van der Waals surface area contributed by atoms with Gasteiger partial charge in [0.1, 0.15) is 5.69 Å². The number of hydrogen-bond donors (Lipinski definition) is 1. The fourth-order valence-electron chi connectivity index (χ4n) is 3.53. The fraction of sp³-hybridized carbons (Fsp3) is 0.826. The SMILES string of the molecule is CCCCCCCCCCCCCCCCCCNC(=O)c1ccn(C(F)F)n1. The zero-order chi connectivity index (χ0) is 21.2. The highest BCUT2D eigenvalue weighted by atomic mass is 19.3. The maximum atomic E-state index is 12.4. The second kappa shape index (κ2) is 17.4. The minimum Gasteiger partial charge on any atom is -0.351 e. The molecule has 0 radical (unpaired) electrons. The molecule has 29 heavy (non-hydrogen) atoms. The molecule has 0 unspecified atom stereocenters. The standard InChI is InChI=1S/C23H41F2N3O/c1-2-3-4-5-6-7-8-9-10-11-12-13-14-15-16-17-19-26-22(29)21-18-20-28(27-21)23(24)25/h18,20,23H,2-17,19H2,1H3,(H,26,29). The van der Waals surface area contributed by atoms with Gasteiger partial charge in [-0.2, -0.15) is 13.9 Å². The predicted molar refractivity (Wildman–Crippen MR) is 115 cm³/mol. The van der Waals surface area contributed by atoms with Gasteiger partial charge in [0, 0.05) is 12.7 Å². The van der Waals surface area contributed by atoms with Gasteiger partial charge in [0.2, 0.25) is 0 Å². The van der Waals surface area contributed by atoms with Crippen LogP contribution in [0.4, 0.5) is 8.78 Å². The van der Waals surface area contributed by atoms with Gasteiger partial charge in [-0.05, 0) is 12.5 Å². The first-order valence-corrected chi connectivity index (χ1v) is 11.8. The van der Waals surface area contributed by atoms with Crippen LogP contribution < -0.4 is 5.32 Å². The Kier molecular flexibility index (Phi) is 15.3. The zero-order valence-corrected chi connectivity index (χ0v) is 18.3. The number of alkyl halides is 2. The van der Waals surface area contributed by atoms with Gasteiger partial charge < -0.3 is 5.32 Å². The van der Waals surface area contributed by atoms with Gasteiger partial charge in [0.15, 0.2) is 0 Å². The Morgan fingerprint density at radius 1 is 0.862 bits per heavy atom. The molecule has 1 rings (SSSR count). The van der Waals surface area contributed by atoms with E-state index in [-0.39, 0.29) is 11.6 Å². The quantitative estimate of drug-likeness (QED) is 0.242. The molecule has 1 aromatic heterocycles. The van der Waals surface area contributed by atoms with E-state index in [1.54, 1.807) is 0 Å². The molecule has 0 aliphatic carbocycles. The summed E-state index contributed by atoms with van der Waals surface area (Å²) in [7, 11) is 0. The summed E-state index contributed by atoms with van der Waals surface area (Å²) in [6, 6.07) is 1.31. The first-order valence-electron chi connectivity index (χ1n) is 11.8. The number of nitrogens with one attached hydrogen (secondary N) is 1. The molecule has 1 N–H and O–H groups in total. The number of carbonyl (C=O) groups excluding carboxylic acids is 1. The largest absolute Gasteiger partial charge is 0.351 e. The average Bonchev–Trinajstić information content (AvgIpc) is 3.21. The fourth-order valence-corrected chi connectivity index (χ4v) is 3.53. The average molecular weight is 414 g/mol. The Labute approximate surface area is 175 Å². The second-order valence-corrected chi connectivity index (χ2v) is 8.02. The summed E-state index contributed by atoms with van der Waals surface area (Å²) in [5.74, 6) is -0.384. The molecule has 0 aromatic carbocycles. The van der Waals surface area contributed by atoms with Crippen molar-refractivity contribution < 1.29 is 13.6 Å². The molecule has 0 spiro atoms. The Morgan fingerprint density at radius 2 is 1.31 bits per heavy atom. The first kappa shape index (κ1) is 25.6. The van der Waals surface area contributed by atoms with Crippen LogP contribution in [-0.4, -0.2) is 22.2 Å². The van der Waals surface area contributed by atoms with E-state index < -0.39 is 6.55 Å². The molecule has 0 saturated heterocycles. The number of aromatic nitrogens is 2. The van der Waals surface area contributed by atoms with Crippen molar-refractivity contribution in [2.45, 2.75) is 116 Å². The normalized spacial score (nSPS) is 11.3. The number of unbranched alkanes of at least 4 members (excludes halogenated alkanes) is 15. The highest BCUT2D eigenvalue weighted by Crippen LogP contribution is 2.13. The highest BCUT2D eigenvalue weighted by molar-refractivity contribution is 5.92. The topological polar surface area (TPSA) is 46.9 Å². The van der Waals surface area contributed by atoms with E-state index in [0.717, 1.165) is 19.0 Å². The molecule has 6 heteroatoms. The lowest BCUT2D eigenvalue weighted by Crippen LogP contribution is -2.25. The summed E-state index contributed by atoms with van der Waals surface area (Å²) in [6.07, 6.45) is 22.1. The third-order valence-corrected chi connectivity index (χ3v) is 5.36. The summed E-state index contributed by atoms with van der Waals surface area (Å²) in [5.41, 5.74) is 0.0433. The van der Waals surface area contributed by atoms with Crippen molar-refractivity contribution in [1.82, 2.24) is 15.1 Å². The van der Waals surface area contributed by atoms with Crippen LogP contribution in [0.3, 0.4) is 0 Å². The second-order valence-electron chi connectivity index (χ2n) is 8.02. The number of halogens is 2. The van der Waals surface area contributed by atoms with Crippen LogP contribution in [0.25, 0.3) is 0 Å². The van der Waals surface area contributed by atoms with Crippen LogP contribution in [0.1, 0.15) is 127 Å². The van der Waals surface area contributed by atoms with Crippen molar-refractivity contribution in [2.24, 2.45) is 0 Å². The molecular formula is C23H41F2N3O. The van der Waals surface area contributed by atoms with E-state index in [4.69, 9.17) is 0 Å². The third-order valence-electron chi connectivity index (χ3n) is 5.36. The number of nitrogens with zero attached hydrogens (tertiary/aromatic N) is 2. The summed E-state index contributed by atoms with van der Waals surface area (Å²) in [5, 5.41) is 6.30. The van der Waals surface area contributed by atoms with Gasteiger partial charge in [-0.15, -0.1) is 0 Å². The van der Waals surface area contributed by atoms with Crippen LogP contribution in [0.15, 0.2) is 12.3 Å². The molecule has 0 fully saturated rings. The minimum absolute atomic E-state index is 0.0433. The molecule has 0 saturated carbocycles. The van der Waals surface area contributed by atoms with E-state index in [1.807, 2.05) is 0 Å². The van der Waals surface area contributed by atoms with Gasteiger partial charge >= 0.3 is 6.55 Å². The molecule has 4 nitrogen and oxygen atoms in total. The van der Waals surface area contributed by atoms with Crippen LogP contribution in [0, 0.1) is 0 Å². The van der Waals surface area contributed by atoms with Gasteiger partial charge in [-0.25, -0.2) is 4.68 Å². The van der Waals surface area contributed by atoms with Crippen molar-refractivity contribution in [3.8, 4) is 0 Å². The maximum Gasteiger partial charge on any atom is 0.333 e. The maximum absolute atomic E-state index is 12.4. The minimum atomic E-state index is -2.71. The number of amides is 1. The zero-order valence-electron chi connectivity index (χ0n) is 18.3. The predicted octanol–water partition coefficient (Wildman–Crippen LogP) is 7.27. The Morgan fingerprint density at radius 3 is 1.72 bits per heavy atom. The highest BCUT2D eigenvalue weighted by Gasteiger charge is 2.12. The summed E-state index contributed by atoms with van der Waals surface area (Å²) >= 11 is 0. The van der Waals surface area contributed by atoms with Gasteiger partial charge in [0.25, 0.3) is 5.91 Å². The van der Waals surface area contributed by atoms with Crippen molar-refractivity contribution in [3.05, 3.63) is 18.0 Å². The summed E-state index contributed by atoms with van der Waals surface area (Å²) in [4.78, 5) is 11.8. The molecular weight excluding hydrogens is 372 g/mol. The molecule has 168 valence electrons.